The third-order valence-electron chi connectivity index (χ3n) is 6.28. The molecule has 5 rings (SSSR count). The first kappa shape index (κ1) is 27.9. The van der Waals surface area contributed by atoms with E-state index in [-0.39, 0.29) is 30.1 Å². The zero-order valence-corrected chi connectivity index (χ0v) is 23.7. The van der Waals surface area contributed by atoms with E-state index in [4.69, 9.17) is 20.5 Å². The van der Waals surface area contributed by atoms with Crippen LogP contribution in [0.2, 0.25) is 5.02 Å². The fourth-order valence-corrected chi connectivity index (χ4v) is 4.25. The Hall–Kier alpha value is -4.69. The van der Waals surface area contributed by atoms with Crippen molar-refractivity contribution in [1.82, 2.24) is 10.1 Å². The molecule has 0 aliphatic heterocycles. The molecule has 0 bridgehead atoms. The molecule has 0 aliphatic carbocycles. The molecule has 0 atom stereocenters. The number of carbonyl (C=O) groups is 2. The van der Waals surface area contributed by atoms with Crippen molar-refractivity contribution < 1.29 is 18.5 Å². The summed E-state index contributed by atoms with van der Waals surface area (Å²) in [6, 6.07) is 25.6. The average molecular weight is 569 g/mol. The van der Waals surface area contributed by atoms with Gasteiger partial charge in [0.25, 0.3) is 0 Å². The number of benzene rings is 3. The second-order valence-corrected chi connectivity index (χ2v) is 11.1. The summed E-state index contributed by atoms with van der Waals surface area (Å²) < 4.78 is 11.4. The lowest BCUT2D eigenvalue weighted by atomic mass is 9.93. The predicted molar refractivity (Wildman–Crippen MR) is 159 cm³/mol. The SMILES string of the molecule is CC(C)(C)c1cc(NC(=O)Cc2ccc(NC(=O)Cc3oc(-c4ccc(Cl)cc4)nc3-c3ccccc3)cc2)no1. The Balaban J connectivity index is 1.23. The van der Waals surface area contributed by atoms with E-state index in [1.807, 2.05) is 63.2 Å². The highest BCUT2D eigenvalue weighted by Crippen LogP contribution is 2.30. The summed E-state index contributed by atoms with van der Waals surface area (Å²) in [6.45, 7) is 6.02. The Bertz CT molecular complexity index is 1650. The summed E-state index contributed by atoms with van der Waals surface area (Å²) in [5.41, 5.74) is 3.40. The predicted octanol–water partition coefficient (Wildman–Crippen LogP) is 7.31. The van der Waals surface area contributed by atoms with Gasteiger partial charge in [0.2, 0.25) is 17.7 Å². The van der Waals surface area contributed by atoms with Crippen molar-refractivity contribution in [2.45, 2.75) is 39.0 Å². The molecule has 0 unspecified atom stereocenters. The van der Waals surface area contributed by atoms with E-state index in [0.717, 1.165) is 16.7 Å². The molecular formula is C32H29ClN4O4. The van der Waals surface area contributed by atoms with Crippen LogP contribution in [0.4, 0.5) is 11.5 Å². The van der Waals surface area contributed by atoms with Crippen molar-refractivity contribution >= 4 is 34.9 Å². The summed E-state index contributed by atoms with van der Waals surface area (Å²) in [5, 5.41) is 10.2. The molecule has 8 nitrogen and oxygen atoms in total. The van der Waals surface area contributed by atoms with Crippen LogP contribution < -0.4 is 10.6 Å². The number of rotatable bonds is 8. The van der Waals surface area contributed by atoms with Gasteiger partial charge in [0.1, 0.15) is 17.2 Å². The van der Waals surface area contributed by atoms with Crippen LogP contribution >= 0.6 is 11.6 Å². The molecule has 41 heavy (non-hydrogen) atoms. The van der Waals surface area contributed by atoms with E-state index in [1.165, 1.54) is 0 Å². The number of amides is 2. The van der Waals surface area contributed by atoms with Crippen molar-refractivity contribution in [2.24, 2.45) is 0 Å². The highest BCUT2D eigenvalue weighted by molar-refractivity contribution is 6.30. The van der Waals surface area contributed by atoms with Gasteiger partial charge < -0.3 is 19.6 Å². The summed E-state index contributed by atoms with van der Waals surface area (Å²) in [5.74, 6) is 1.46. The lowest BCUT2D eigenvalue weighted by molar-refractivity contribution is -0.116. The number of nitrogens with zero attached hydrogens (tertiary/aromatic N) is 2. The van der Waals surface area contributed by atoms with E-state index in [1.54, 1.807) is 42.5 Å². The average Bonchev–Trinajstić information content (AvgIpc) is 3.58. The molecule has 0 saturated carbocycles. The first-order valence-electron chi connectivity index (χ1n) is 13.1. The van der Waals surface area contributed by atoms with Crippen LogP contribution in [0.25, 0.3) is 22.7 Å². The van der Waals surface area contributed by atoms with Crippen LogP contribution in [-0.4, -0.2) is 22.0 Å². The monoisotopic (exact) mass is 568 g/mol. The van der Waals surface area contributed by atoms with Gasteiger partial charge in [0, 0.05) is 33.3 Å². The van der Waals surface area contributed by atoms with E-state index in [9.17, 15) is 9.59 Å². The van der Waals surface area contributed by atoms with Crippen LogP contribution in [-0.2, 0) is 27.8 Å². The van der Waals surface area contributed by atoms with Crippen molar-refractivity contribution in [2.75, 3.05) is 10.6 Å². The van der Waals surface area contributed by atoms with E-state index in [0.29, 0.717) is 39.6 Å². The number of halogens is 1. The zero-order valence-electron chi connectivity index (χ0n) is 22.9. The van der Waals surface area contributed by atoms with E-state index >= 15 is 0 Å². The van der Waals surface area contributed by atoms with Gasteiger partial charge in [-0.05, 0) is 42.0 Å². The minimum absolute atomic E-state index is 0.0107. The summed E-state index contributed by atoms with van der Waals surface area (Å²) >= 11 is 6.03. The lowest BCUT2D eigenvalue weighted by Crippen LogP contribution is -2.16. The van der Waals surface area contributed by atoms with Gasteiger partial charge in [-0.2, -0.15) is 0 Å². The maximum Gasteiger partial charge on any atom is 0.232 e. The molecule has 2 aromatic heterocycles. The number of hydrogen-bond acceptors (Lipinski definition) is 6. The molecule has 0 saturated heterocycles. The number of aromatic nitrogens is 2. The topological polar surface area (TPSA) is 110 Å². The highest BCUT2D eigenvalue weighted by Gasteiger charge is 2.21. The van der Waals surface area contributed by atoms with Gasteiger partial charge in [-0.1, -0.05) is 80.0 Å². The fourth-order valence-electron chi connectivity index (χ4n) is 4.13. The molecule has 9 heteroatoms. The third kappa shape index (κ3) is 7.10. The molecule has 208 valence electrons. The van der Waals surface area contributed by atoms with Gasteiger partial charge in [-0.3, -0.25) is 9.59 Å². The molecule has 0 spiro atoms. The normalized spacial score (nSPS) is 11.3. The Labute approximate surface area is 242 Å². The second kappa shape index (κ2) is 11.8. The highest BCUT2D eigenvalue weighted by atomic mass is 35.5. The summed E-state index contributed by atoms with van der Waals surface area (Å²) in [6.07, 6.45) is 0.140. The fraction of sp³-hybridized carbons (Fsp3) is 0.188. The molecule has 2 amide bonds. The number of nitrogens with one attached hydrogen (secondary N) is 2. The van der Waals surface area contributed by atoms with Crippen molar-refractivity contribution in [3.63, 3.8) is 0 Å². The molecule has 3 aromatic carbocycles. The maximum atomic E-state index is 13.0. The van der Waals surface area contributed by atoms with Crippen molar-refractivity contribution in [1.29, 1.82) is 0 Å². The number of hydrogen-bond donors (Lipinski definition) is 2. The molecule has 2 heterocycles. The quantitative estimate of drug-likeness (QED) is 0.203. The smallest absolute Gasteiger partial charge is 0.232 e. The second-order valence-electron chi connectivity index (χ2n) is 10.6. The van der Waals surface area contributed by atoms with Crippen LogP contribution in [0.1, 0.15) is 37.9 Å². The van der Waals surface area contributed by atoms with Gasteiger partial charge in [-0.15, -0.1) is 0 Å². The van der Waals surface area contributed by atoms with Crippen LogP contribution in [0.3, 0.4) is 0 Å². The number of anilines is 2. The Morgan fingerprint density at radius 3 is 2.17 bits per heavy atom. The Kier molecular flexibility index (Phi) is 8.03. The largest absolute Gasteiger partial charge is 0.440 e. The molecule has 0 aliphatic rings. The van der Waals surface area contributed by atoms with Gasteiger partial charge in [-0.25, -0.2) is 4.98 Å². The summed E-state index contributed by atoms with van der Waals surface area (Å²) in [4.78, 5) is 30.2. The minimum Gasteiger partial charge on any atom is -0.440 e. The van der Waals surface area contributed by atoms with Gasteiger partial charge in [0.15, 0.2) is 5.82 Å². The number of carbonyl (C=O) groups excluding carboxylic acids is 2. The Morgan fingerprint density at radius 2 is 1.51 bits per heavy atom. The summed E-state index contributed by atoms with van der Waals surface area (Å²) in [7, 11) is 0. The minimum atomic E-state index is -0.257. The first-order chi connectivity index (χ1) is 19.6. The maximum absolute atomic E-state index is 13.0. The molecule has 0 fully saturated rings. The van der Waals surface area contributed by atoms with Crippen LogP contribution in [0.15, 0.2) is 93.9 Å². The molecule has 2 N–H and O–H groups in total. The lowest BCUT2D eigenvalue weighted by Gasteiger charge is -2.12. The standard InChI is InChI=1S/C32H29ClN4O4/c1-32(2,3)26-19-27(37-41-26)35-28(38)17-20-9-15-24(16-10-20)34-29(39)18-25-30(21-7-5-4-6-8-21)36-31(40-25)22-11-13-23(33)14-12-22/h4-16,19H,17-18H2,1-3H3,(H,34,39)(H,35,37,38). The number of oxazole rings is 1. The third-order valence-corrected chi connectivity index (χ3v) is 6.53. The molecular weight excluding hydrogens is 540 g/mol. The van der Waals surface area contributed by atoms with Gasteiger partial charge in [0.05, 0.1) is 12.8 Å². The van der Waals surface area contributed by atoms with Crippen molar-refractivity contribution in [3.05, 3.63) is 107 Å². The van der Waals surface area contributed by atoms with Gasteiger partial charge >= 0.3 is 0 Å². The molecule has 0 radical (unpaired) electrons. The van der Waals surface area contributed by atoms with Crippen LogP contribution in [0.5, 0.6) is 0 Å². The van der Waals surface area contributed by atoms with E-state index < -0.39 is 0 Å². The first-order valence-corrected chi connectivity index (χ1v) is 13.5. The van der Waals surface area contributed by atoms with E-state index in [2.05, 4.69) is 20.8 Å². The Morgan fingerprint density at radius 1 is 0.829 bits per heavy atom. The zero-order chi connectivity index (χ0) is 29.0. The molecule has 5 aromatic rings. The van der Waals surface area contributed by atoms with Crippen molar-refractivity contribution in [3.8, 4) is 22.7 Å². The van der Waals surface area contributed by atoms with Crippen LogP contribution in [0, 0.1) is 0 Å².